The van der Waals surface area contributed by atoms with Crippen molar-refractivity contribution in [3.8, 4) is 0 Å². The van der Waals surface area contributed by atoms with Crippen molar-refractivity contribution in [3.05, 3.63) is 34.4 Å². The monoisotopic (exact) mass is 279 g/mol. The summed E-state index contributed by atoms with van der Waals surface area (Å²) in [6.45, 7) is 9.62. The summed E-state index contributed by atoms with van der Waals surface area (Å²) in [7, 11) is 0. The largest absolute Gasteiger partial charge is 0.377 e. The molecule has 5 heteroatoms. The van der Waals surface area contributed by atoms with Crippen LogP contribution in [0.25, 0.3) is 0 Å². The summed E-state index contributed by atoms with van der Waals surface area (Å²) in [5.41, 5.74) is 0.746. The van der Waals surface area contributed by atoms with E-state index in [2.05, 4.69) is 31.0 Å². The predicted molar refractivity (Wildman–Crippen MR) is 83.2 cm³/mol. The molecule has 0 fully saturated rings. The Morgan fingerprint density at radius 1 is 1.30 bits per heavy atom. The van der Waals surface area contributed by atoms with Gasteiger partial charge in [0.15, 0.2) is 0 Å². The average Bonchev–Trinajstić information content (AvgIpc) is 2.44. The lowest BCUT2D eigenvalue weighted by Gasteiger charge is -2.20. The van der Waals surface area contributed by atoms with Crippen LogP contribution in [0.1, 0.15) is 33.6 Å². The zero-order chi connectivity index (χ0) is 15.0. The molecule has 20 heavy (non-hydrogen) atoms. The lowest BCUT2D eigenvalue weighted by atomic mass is 10.1. The number of para-hydroxylation sites is 2. The Morgan fingerprint density at radius 2 is 1.95 bits per heavy atom. The van der Waals surface area contributed by atoms with Crippen molar-refractivity contribution in [1.29, 1.82) is 0 Å². The third-order valence-electron chi connectivity index (χ3n) is 3.51. The highest BCUT2D eigenvalue weighted by Crippen LogP contribution is 2.24. The maximum absolute atomic E-state index is 10.9. The van der Waals surface area contributed by atoms with Crippen molar-refractivity contribution >= 4 is 11.4 Å². The SMILES string of the molecule is CCN(CC)CCC[C@@H](C)Nc1ccccc1[N+](=O)[O-]. The molecule has 112 valence electrons. The first-order valence-electron chi connectivity index (χ1n) is 7.30. The normalized spacial score (nSPS) is 12.4. The second-order valence-corrected chi connectivity index (χ2v) is 4.99. The fourth-order valence-electron chi connectivity index (χ4n) is 2.25. The molecular weight excluding hydrogens is 254 g/mol. The Balaban J connectivity index is 2.46. The van der Waals surface area contributed by atoms with Gasteiger partial charge < -0.3 is 10.2 Å². The summed E-state index contributed by atoms with van der Waals surface area (Å²) in [6.07, 6.45) is 2.10. The molecule has 0 amide bonds. The summed E-state index contributed by atoms with van der Waals surface area (Å²) in [5.74, 6) is 0. The predicted octanol–water partition coefficient (Wildman–Crippen LogP) is 3.52. The van der Waals surface area contributed by atoms with E-state index in [1.165, 1.54) is 6.07 Å². The van der Waals surface area contributed by atoms with Gasteiger partial charge in [0, 0.05) is 12.1 Å². The molecule has 0 aliphatic heterocycles. The molecule has 1 rings (SSSR count). The summed E-state index contributed by atoms with van der Waals surface area (Å²) < 4.78 is 0. The first-order valence-corrected chi connectivity index (χ1v) is 7.30. The first-order chi connectivity index (χ1) is 9.58. The molecule has 0 unspecified atom stereocenters. The number of nitrogens with one attached hydrogen (secondary N) is 1. The number of benzene rings is 1. The second-order valence-electron chi connectivity index (χ2n) is 4.99. The fraction of sp³-hybridized carbons (Fsp3) is 0.600. The van der Waals surface area contributed by atoms with E-state index in [9.17, 15) is 10.1 Å². The number of rotatable bonds is 9. The molecule has 1 aromatic carbocycles. The summed E-state index contributed by atoms with van der Waals surface area (Å²) in [5, 5.41) is 14.2. The second kappa shape index (κ2) is 8.53. The van der Waals surface area contributed by atoms with E-state index in [4.69, 9.17) is 0 Å². The van der Waals surface area contributed by atoms with Crippen LogP contribution >= 0.6 is 0 Å². The maximum Gasteiger partial charge on any atom is 0.292 e. The molecule has 0 aliphatic carbocycles. The Hall–Kier alpha value is -1.62. The van der Waals surface area contributed by atoms with Crippen molar-refractivity contribution < 1.29 is 4.92 Å². The molecule has 0 saturated heterocycles. The van der Waals surface area contributed by atoms with Gasteiger partial charge in [-0.3, -0.25) is 10.1 Å². The van der Waals surface area contributed by atoms with E-state index >= 15 is 0 Å². The van der Waals surface area contributed by atoms with Crippen LogP contribution in [0.2, 0.25) is 0 Å². The van der Waals surface area contributed by atoms with Crippen LogP contribution in [-0.4, -0.2) is 35.5 Å². The number of hydrogen-bond acceptors (Lipinski definition) is 4. The first kappa shape index (κ1) is 16.4. The summed E-state index contributed by atoms with van der Waals surface area (Å²) in [6, 6.07) is 7.03. The summed E-state index contributed by atoms with van der Waals surface area (Å²) in [4.78, 5) is 13.0. The van der Waals surface area contributed by atoms with Gasteiger partial charge in [-0.1, -0.05) is 26.0 Å². The van der Waals surface area contributed by atoms with E-state index in [1.807, 2.05) is 6.07 Å². The van der Waals surface area contributed by atoms with Gasteiger partial charge in [0.05, 0.1) is 4.92 Å². The minimum atomic E-state index is -0.342. The number of anilines is 1. The van der Waals surface area contributed by atoms with Gasteiger partial charge in [-0.2, -0.15) is 0 Å². The molecule has 0 aliphatic rings. The molecular formula is C15H25N3O2. The van der Waals surface area contributed by atoms with Crippen molar-refractivity contribution in [1.82, 2.24) is 4.90 Å². The quantitative estimate of drug-likeness (QED) is 0.555. The molecule has 1 N–H and O–H groups in total. The smallest absolute Gasteiger partial charge is 0.292 e. The van der Waals surface area contributed by atoms with Gasteiger partial charge in [-0.05, 0) is 45.5 Å². The highest BCUT2D eigenvalue weighted by atomic mass is 16.6. The molecule has 5 nitrogen and oxygen atoms in total. The van der Waals surface area contributed by atoms with Crippen LogP contribution in [0.4, 0.5) is 11.4 Å². The molecule has 0 bridgehead atoms. The minimum Gasteiger partial charge on any atom is -0.377 e. The van der Waals surface area contributed by atoms with Crippen LogP contribution in [0.3, 0.4) is 0 Å². The van der Waals surface area contributed by atoms with E-state index < -0.39 is 0 Å². The van der Waals surface area contributed by atoms with E-state index in [-0.39, 0.29) is 16.7 Å². The Labute approximate surface area is 121 Å². The van der Waals surface area contributed by atoms with Crippen LogP contribution in [0.5, 0.6) is 0 Å². The highest BCUT2D eigenvalue weighted by Gasteiger charge is 2.14. The van der Waals surface area contributed by atoms with E-state index in [1.54, 1.807) is 12.1 Å². The van der Waals surface area contributed by atoms with Gasteiger partial charge in [-0.25, -0.2) is 0 Å². The zero-order valence-corrected chi connectivity index (χ0v) is 12.6. The van der Waals surface area contributed by atoms with Crippen LogP contribution in [-0.2, 0) is 0 Å². The Morgan fingerprint density at radius 3 is 2.55 bits per heavy atom. The average molecular weight is 279 g/mol. The Bertz CT molecular complexity index is 419. The van der Waals surface area contributed by atoms with Gasteiger partial charge in [0.25, 0.3) is 5.69 Å². The van der Waals surface area contributed by atoms with Crippen LogP contribution < -0.4 is 5.32 Å². The van der Waals surface area contributed by atoms with E-state index in [0.29, 0.717) is 5.69 Å². The summed E-state index contributed by atoms with van der Waals surface area (Å²) >= 11 is 0. The lowest BCUT2D eigenvalue weighted by Crippen LogP contribution is -2.25. The molecule has 0 heterocycles. The Kier molecular flexibility index (Phi) is 7.01. The van der Waals surface area contributed by atoms with Gasteiger partial charge in [0.1, 0.15) is 5.69 Å². The van der Waals surface area contributed by atoms with Crippen molar-refractivity contribution in [3.63, 3.8) is 0 Å². The van der Waals surface area contributed by atoms with E-state index in [0.717, 1.165) is 32.5 Å². The molecule has 0 spiro atoms. The number of nitrogens with zero attached hydrogens (tertiary/aromatic N) is 2. The minimum absolute atomic E-state index is 0.142. The topological polar surface area (TPSA) is 58.4 Å². The van der Waals surface area contributed by atoms with Gasteiger partial charge >= 0.3 is 0 Å². The van der Waals surface area contributed by atoms with Gasteiger partial charge in [0.2, 0.25) is 0 Å². The van der Waals surface area contributed by atoms with Crippen molar-refractivity contribution in [2.45, 2.75) is 39.7 Å². The maximum atomic E-state index is 10.9. The third-order valence-corrected chi connectivity index (χ3v) is 3.51. The molecule has 1 aromatic rings. The number of hydrogen-bond donors (Lipinski definition) is 1. The molecule has 0 aromatic heterocycles. The highest BCUT2D eigenvalue weighted by molar-refractivity contribution is 5.61. The molecule has 0 saturated carbocycles. The fourth-order valence-corrected chi connectivity index (χ4v) is 2.25. The van der Waals surface area contributed by atoms with Crippen molar-refractivity contribution in [2.75, 3.05) is 25.0 Å². The third kappa shape index (κ3) is 5.17. The van der Waals surface area contributed by atoms with Crippen molar-refractivity contribution in [2.24, 2.45) is 0 Å². The van der Waals surface area contributed by atoms with Crippen LogP contribution in [0, 0.1) is 10.1 Å². The van der Waals surface area contributed by atoms with Crippen LogP contribution in [0.15, 0.2) is 24.3 Å². The molecule has 0 radical (unpaired) electrons. The van der Waals surface area contributed by atoms with Gasteiger partial charge in [-0.15, -0.1) is 0 Å². The lowest BCUT2D eigenvalue weighted by molar-refractivity contribution is -0.384. The molecule has 1 atom stereocenters. The standard InChI is InChI=1S/C15H25N3O2/c1-4-17(5-2)12-8-9-13(3)16-14-10-6-7-11-15(14)18(19)20/h6-7,10-11,13,16H,4-5,8-9,12H2,1-3H3/t13-/m1/s1. The zero-order valence-electron chi connectivity index (χ0n) is 12.6. The number of nitro groups is 1. The number of nitro benzene ring substituents is 1.